The second-order valence-corrected chi connectivity index (χ2v) is 6.66. The summed E-state index contributed by atoms with van der Waals surface area (Å²) in [6.07, 6.45) is 1.30. The summed E-state index contributed by atoms with van der Waals surface area (Å²) in [5, 5.41) is 7.73. The zero-order valence-electron chi connectivity index (χ0n) is 16.3. The maximum Gasteiger partial charge on any atom is 0.243 e. The summed E-state index contributed by atoms with van der Waals surface area (Å²) in [5.74, 6) is -1.28. The second kappa shape index (κ2) is 11.4. The van der Waals surface area contributed by atoms with E-state index in [9.17, 15) is 19.2 Å². The molecule has 3 N–H and O–H groups in total. The Morgan fingerprint density at radius 2 is 1.41 bits per heavy atom. The van der Waals surface area contributed by atoms with Crippen molar-refractivity contribution in [2.75, 3.05) is 6.54 Å². The van der Waals surface area contributed by atoms with Gasteiger partial charge in [0.05, 0.1) is 12.6 Å². The number of aldehydes is 1. The Bertz CT molecular complexity index is 824. The number of hydrogen-bond donors (Lipinski definition) is 3. The summed E-state index contributed by atoms with van der Waals surface area (Å²) in [5.41, 5.74) is 1.78. The van der Waals surface area contributed by atoms with Crippen LogP contribution in [-0.4, -0.2) is 42.6 Å². The summed E-state index contributed by atoms with van der Waals surface area (Å²) < 4.78 is 0. The molecule has 0 bridgehead atoms. The predicted molar refractivity (Wildman–Crippen MR) is 109 cm³/mol. The molecule has 0 fully saturated rings. The van der Waals surface area contributed by atoms with Crippen LogP contribution >= 0.6 is 0 Å². The minimum absolute atomic E-state index is 0.227. The van der Waals surface area contributed by atoms with Crippen LogP contribution in [0.2, 0.25) is 0 Å². The fourth-order valence-corrected chi connectivity index (χ4v) is 2.79. The number of carbonyl (C=O) groups excluding carboxylic acids is 4. The Hall–Kier alpha value is -3.48. The van der Waals surface area contributed by atoms with Crippen molar-refractivity contribution in [1.29, 1.82) is 0 Å². The van der Waals surface area contributed by atoms with Crippen molar-refractivity contribution in [2.45, 2.75) is 31.8 Å². The summed E-state index contributed by atoms with van der Waals surface area (Å²) in [4.78, 5) is 47.4. The molecule has 0 aliphatic rings. The van der Waals surface area contributed by atoms with E-state index in [4.69, 9.17) is 0 Å². The zero-order chi connectivity index (χ0) is 21.1. The number of nitrogens with one attached hydrogen (secondary N) is 3. The maximum absolute atomic E-state index is 12.8. The number of carbonyl (C=O) groups is 4. The van der Waals surface area contributed by atoms with E-state index in [-0.39, 0.29) is 18.9 Å². The lowest BCUT2D eigenvalue weighted by atomic mass is 10.0. The van der Waals surface area contributed by atoms with E-state index in [0.717, 1.165) is 11.1 Å². The Morgan fingerprint density at radius 3 is 1.93 bits per heavy atom. The van der Waals surface area contributed by atoms with Crippen molar-refractivity contribution in [3.05, 3.63) is 71.8 Å². The highest BCUT2D eigenvalue weighted by molar-refractivity contribution is 5.91. The van der Waals surface area contributed by atoms with Gasteiger partial charge in [0.15, 0.2) is 0 Å². The first kappa shape index (κ1) is 21.8. The van der Waals surface area contributed by atoms with Gasteiger partial charge in [0.1, 0.15) is 12.3 Å². The SMILES string of the molecule is CC(=O)NCC(=O)NC(Cc1ccccc1)C(=O)NC(C=O)Cc1ccccc1. The van der Waals surface area contributed by atoms with Gasteiger partial charge in [-0.1, -0.05) is 60.7 Å². The minimum Gasteiger partial charge on any atom is -0.347 e. The molecule has 0 aliphatic carbocycles. The fourth-order valence-electron chi connectivity index (χ4n) is 2.79. The first-order valence-corrected chi connectivity index (χ1v) is 9.35. The van der Waals surface area contributed by atoms with Gasteiger partial charge in [0.2, 0.25) is 17.7 Å². The molecule has 29 heavy (non-hydrogen) atoms. The molecule has 3 amide bonds. The van der Waals surface area contributed by atoms with Crippen LogP contribution in [0.15, 0.2) is 60.7 Å². The molecule has 0 aliphatic heterocycles. The van der Waals surface area contributed by atoms with Crippen LogP contribution in [0.3, 0.4) is 0 Å². The smallest absolute Gasteiger partial charge is 0.243 e. The van der Waals surface area contributed by atoms with E-state index >= 15 is 0 Å². The third kappa shape index (κ3) is 7.96. The lowest BCUT2D eigenvalue weighted by Crippen LogP contribution is -2.53. The van der Waals surface area contributed by atoms with Gasteiger partial charge in [-0.3, -0.25) is 14.4 Å². The highest BCUT2D eigenvalue weighted by Crippen LogP contribution is 2.06. The molecule has 2 unspecified atom stereocenters. The molecule has 7 heteroatoms. The third-order valence-electron chi connectivity index (χ3n) is 4.22. The van der Waals surface area contributed by atoms with Crippen molar-refractivity contribution in [1.82, 2.24) is 16.0 Å². The van der Waals surface area contributed by atoms with E-state index in [1.807, 2.05) is 60.7 Å². The third-order valence-corrected chi connectivity index (χ3v) is 4.22. The average molecular weight is 395 g/mol. The molecule has 0 aromatic heterocycles. The molecule has 2 aromatic carbocycles. The molecule has 0 saturated heterocycles. The van der Waals surface area contributed by atoms with Crippen LogP contribution in [-0.2, 0) is 32.0 Å². The number of amides is 3. The van der Waals surface area contributed by atoms with Gasteiger partial charge in [-0.05, 0) is 17.5 Å². The average Bonchev–Trinajstić information content (AvgIpc) is 2.72. The standard InChI is InChI=1S/C22H25N3O4/c1-16(27)23-14-21(28)25-20(13-18-10-6-3-7-11-18)22(29)24-19(15-26)12-17-8-4-2-5-9-17/h2-11,15,19-20H,12-14H2,1H3,(H,23,27)(H,24,29)(H,25,28). The molecule has 152 valence electrons. The van der Waals surface area contributed by atoms with E-state index in [0.29, 0.717) is 12.7 Å². The fraction of sp³-hybridized carbons (Fsp3) is 0.273. The van der Waals surface area contributed by atoms with Crippen LogP contribution in [0.25, 0.3) is 0 Å². The Kier molecular flexibility index (Phi) is 8.56. The quantitative estimate of drug-likeness (QED) is 0.517. The molecule has 7 nitrogen and oxygen atoms in total. The van der Waals surface area contributed by atoms with Crippen molar-refractivity contribution in [2.24, 2.45) is 0 Å². The zero-order valence-corrected chi connectivity index (χ0v) is 16.3. The van der Waals surface area contributed by atoms with Gasteiger partial charge in [0.25, 0.3) is 0 Å². The Morgan fingerprint density at radius 1 is 0.862 bits per heavy atom. The van der Waals surface area contributed by atoms with Crippen LogP contribution < -0.4 is 16.0 Å². The van der Waals surface area contributed by atoms with Gasteiger partial charge >= 0.3 is 0 Å². The van der Waals surface area contributed by atoms with E-state index in [2.05, 4.69) is 16.0 Å². The number of rotatable bonds is 10. The van der Waals surface area contributed by atoms with Gasteiger partial charge in [-0.25, -0.2) is 0 Å². The summed E-state index contributed by atoms with van der Waals surface area (Å²) in [6.45, 7) is 1.08. The predicted octanol–water partition coefficient (Wildman–Crippen LogP) is 0.776. The first-order chi connectivity index (χ1) is 14.0. The normalized spacial score (nSPS) is 12.3. The highest BCUT2D eigenvalue weighted by Gasteiger charge is 2.23. The van der Waals surface area contributed by atoms with Crippen molar-refractivity contribution < 1.29 is 19.2 Å². The molecule has 0 saturated carbocycles. The van der Waals surface area contributed by atoms with Crippen LogP contribution in [0.4, 0.5) is 0 Å². The highest BCUT2D eigenvalue weighted by atomic mass is 16.2. The Labute approximate surface area is 169 Å². The van der Waals surface area contributed by atoms with E-state index < -0.39 is 23.9 Å². The molecule has 0 radical (unpaired) electrons. The van der Waals surface area contributed by atoms with E-state index in [1.54, 1.807) is 0 Å². The van der Waals surface area contributed by atoms with Crippen molar-refractivity contribution >= 4 is 24.0 Å². The molecule has 2 rings (SSSR count). The molecule has 0 spiro atoms. The molecular weight excluding hydrogens is 370 g/mol. The first-order valence-electron chi connectivity index (χ1n) is 9.35. The molecular formula is C22H25N3O4. The molecule has 2 atom stereocenters. The summed E-state index contributed by atoms with van der Waals surface area (Å²) >= 11 is 0. The maximum atomic E-state index is 12.8. The van der Waals surface area contributed by atoms with E-state index in [1.165, 1.54) is 6.92 Å². The van der Waals surface area contributed by atoms with Crippen LogP contribution in [0.5, 0.6) is 0 Å². The topological polar surface area (TPSA) is 104 Å². The molecule has 0 heterocycles. The summed E-state index contributed by atoms with van der Waals surface area (Å²) in [7, 11) is 0. The van der Waals surface area contributed by atoms with Gasteiger partial charge in [-0.15, -0.1) is 0 Å². The Balaban J connectivity index is 2.06. The lowest BCUT2D eigenvalue weighted by Gasteiger charge is -2.21. The van der Waals surface area contributed by atoms with Crippen LogP contribution in [0.1, 0.15) is 18.1 Å². The van der Waals surface area contributed by atoms with Crippen molar-refractivity contribution in [3.63, 3.8) is 0 Å². The van der Waals surface area contributed by atoms with Gasteiger partial charge < -0.3 is 20.7 Å². The second-order valence-electron chi connectivity index (χ2n) is 6.66. The van der Waals surface area contributed by atoms with Gasteiger partial charge in [-0.2, -0.15) is 0 Å². The molecule has 2 aromatic rings. The van der Waals surface area contributed by atoms with Gasteiger partial charge in [0, 0.05) is 13.3 Å². The summed E-state index contributed by atoms with van der Waals surface area (Å²) in [6, 6.07) is 17.0. The van der Waals surface area contributed by atoms with Crippen molar-refractivity contribution in [3.8, 4) is 0 Å². The largest absolute Gasteiger partial charge is 0.347 e. The monoisotopic (exact) mass is 395 g/mol. The number of hydrogen-bond acceptors (Lipinski definition) is 4. The minimum atomic E-state index is -0.878. The lowest BCUT2D eigenvalue weighted by molar-refractivity contribution is -0.130. The number of benzene rings is 2. The van der Waals surface area contributed by atoms with Crippen LogP contribution in [0, 0.1) is 0 Å².